The van der Waals surface area contributed by atoms with Crippen molar-refractivity contribution in [3.8, 4) is 5.75 Å². The Hall–Kier alpha value is -0.730. The maximum atomic E-state index is 6.05. The van der Waals surface area contributed by atoms with E-state index in [1.54, 1.807) is 0 Å². The minimum absolute atomic E-state index is 0.133. The van der Waals surface area contributed by atoms with Crippen molar-refractivity contribution in [3.05, 3.63) is 29.3 Å². The van der Waals surface area contributed by atoms with E-state index in [1.165, 1.54) is 6.42 Å². The molecule has 0 fully saturated rings. The van der Waals surface area contributed by atoms with Crippen molar-refractivity contribution < 1.29 is 4.74 Å². The lowest BCUT2D eigenvalue weighted by Crippen LogP contribution is -2.42. The fourth-order valence-electron chi connectivity index (χ4n) is 2.21. The summed E-state index contributed by atoms with van der Waals surface area (Å²) in [5.74, 6) is 1.55. The highest BCUT2D eigenvalue weighted by molar-refractivity contribution is 6.30. The van der Waals surface area contributed by atoms with Gasteiger partial charge in [-0.25, -0.2) is 0 Å². The zero-order valence-corrected chi connectivity index (χ0v) is 13.9. The molecule has 3 unspecified atom stereocenters. The van der Waals surface area contributed by atoms with Crippen LogP contribution >= 0.6 is 11.6 Å². The van der Waals surface area contributed by atoms with Crippen molar-refractivity contribution in [2.75, 3.05) is 6.54 Å². The Bertz CT molecular complexity index is 383. The van der Waals surface area contributed by atoms with Gasteiger partial charge in [-0.1, -0.05) is 44.9 Å². The summed E-state index contributed by atoms with van der Waals surface area (Å²) in [7, 11) is 0. The second kappa shape index (κ2) is 9.25. The molecule has 2 nitrogen and oxygen atoms in total. The summed E-state index contributed by atoms with van der Waals surface area (Å²) in [4.78, 5) is 0. The molecule has 0 spiro atoms. The van der Waals surface area contributed by atoms with Gasteiger partial charge in [-0.3, -0.25) is 0 Å². The Labute approximate surface area is 128 Å². The van der Waals surface area contributed by atoms with Gasteiger partial charge in [0.15, 0.2) is 0 Å². The molecule has 1 aromatic carbocycles. The van der Waals surface area contributed by atoms with Crippen LogP contribution in [0.5, 0.6) is 5.75 Å². The molecule has 0 saturated heterocycles. The third-order valence-electron chi connectivity index (χ3n) is 3.69. The van der Waals surface area contributed by atoms with Crippen LogP contribution < -0.4 is 10.1 Å². The van der Waals surface area contributed by atoms with Gasteiger partial charge < -0.3 is 10.1 Å². The van der Waals surface area contributed by atoms with E-state index in [4.69, 9.17) is 16.3 Å². The van der Waals surface area contributed by atoms with Gasteiger partial charge in [0.05, 0.1) is 0 Å². The van der Waals surface area contributed by atoms with Crippen LogP contribution in [0.3, 0.4) is 0 Å². The largest absolute Gasteiger partial charge is 0.489 e. The standard InChI is InChI=1S/C17H28ClNO/c1-5-10-19-17(11-13(3)6-2)14(4)20-16-9-7-8-15(18)12-16/h7-9,12-14,17,19H,5-6,10-11H2,1-4H3. The zero-order chi connectivity index (χ0) is 15.0. The predicted molar refractivity (Wildman–Crippen MR) is 87.7 cm³/mol. The Morgan fingerprint density at radius 2 is 2.00 bits per heavy atom. The highest BCUT2D eigenvalue weighted by atomic mass is 35.5. The summed E-state index contributed by atoms with van der Waals surface area (Å²) in [6, 6.07) is 8.00. The van der Waals surface area contributed by atoms with E-state index in [0.29, 0.717) is 12.0 Å². The van der Waals surface area contributed by atoms with E-state index in [2.05, 4.69) is 33.0 Å². The maximum absolute atomic E-state index is 6.05. The summed E-state index contributed by atoms with van der Waals surface area (Å²) in [5, 5.41) is 4.33. The van der Waals surface area contributed by atoms with Crippen molar-refractivity contribution >= 4 is 11.6 Å². The number of halogens is 1. The monoisotopic (exact) mass is 297 g/mol. The van der Waals surface area contributed by atoms with Crippen molar-refractivity contribution in [3.63, 3.8) is 0 Å². The number of ether oxygens (including phenoxy) is 1. The summed E-state index contributed by atoms with van der Waals surface area (Å²) in [5.41, 5.74) is 0. The average Bonchev–Trinajstić information content (AvgIpc) is 2.43. The molecule has 0 aliphatic heterocycles. The fourth-order valence-corrected chi connectivity index (χ4v) is 2.39. The van der Waals surface area contributed by atoms with E-state index < -0.39 is 0 Å². The lowest BCUT2D eigenvalue weighted by Gasteiger charge is -2.28. The minimum Gasteiger partial charge on any atom is -0.489 e. The lowest BCUT2D eigenvalue weighted by molar-refractivity contribution is 0.154. The molecule has 0 aliphatic carbocycles. The Morgan fingerprint density at radius 1 is 1.25 bits per heavy atom. The van der Waals surface area contributed by atoms with E-state index in [0.717, 1.165) is 30.2 Å². The smallest absolute Gasteiger partial charge is 0.121 e. The molecule has 0 radical (unpaired) electrons. The topological polar surface area (TPSA) is 21.3 Å². The summed E-state index contributed by atoms with van der Waals surface area (Å²) in [6.45, 7) is 9.90. The van der Waals surface area contributed by atoms with Gasteiger partial charge >= 0.3 is 0 Å². The predicted octanol–water partition coefficient (Wildman–Crippen LogP) is 4.91. The van der Waals surface area contributed by atoms with Gasteiger partial charge in [0, 0.05) is 11.1 Å². The first-order valence-electron chi connectivity index (χ1n) is 7.72. The van der Waals surface area contributed by atoms with Gasteiger partial charge in [-0.05, 0) is 50.4 Å². The molecule has 0 bridgehead atoms. The van der Waals surface area contributed by atoms with Gasteiger partial charge in [0.2, 0.25) is 0 Å². The van der Waals surface area contributed by atoms with Crippen molar-refractivity contribution in [1.29, 1.82) is 0 Å². The molecule has 1 rings (SSSR count). The Kier molecular flexibility index (Phi) is 8.01. The number of rotatable bonds is 9. The SMILES string of the molecule is CCCNC(CC(C)CC)C(C)Oc1cccc(Cl)c1. The number of hydrogen-bond donors (Lipinski definition) is 1. The van der Waals surface area contributed by atoms with Crippen LogP contribution in [0.25, 0.3) is 0 Å². The highest BCUT2D eigenvalue weighted by Gasteiger charge is 2.20. The van der Waals surface area contributed by atoms with E-state index in [9.17, 15) is 0 Å². The van der Waals surface area contributed by atoms with E-state index >= 15 is 0 Å². The second-order valence-electron chi connectivity index (χ2n) is 5.59. The Balaban J connectivity index is 2.63. The second-order valence-corrected chi connectivity index (χ2v) is 6.03. The van der Waals surface area contributed by atoms with E-state index in [1.807, 2.05) is 24.3 Å². The molecular formula is C17H28ClNO. The van der Waals surface area contributed by atoms with Gasteiger partial charge in [0.25, 0.3) is 0 Å². The molecule has 0 aliphatic rings. The summed E-state index contributed by atoms with van der Waals surface area (Å²) in [6.07, 6.45) is 3.61. The molecule has 0 heterocycles. The van der Waals surface area contributed by atoms with Crippen LogP contribution in [0.15, 0.2) is 24.3 Å². The van der Waals surface area contributed by atoms with Crippen molar-refractivity contribution in [1.82, 2.24) is 5.32 Å². The van der Waals surface area contributed by atoms with Gasteiger partial charge in [-0.2, -0.15) is 0 Å². The fraction of sp³-hybridized carbons (Fsp3) is 0.647. The number of hydrogen-bond acceptors (Lipinski definition) is 2. The van der Waals surface area contributed by atoms with Crippen molar-refractivity contribution in [2.45, 2.75) is 59.1 Å². The van der Waals surface area contributed by atoms with Crippen LogP contribution in [-0.4, -0.2) is 18.7 Å². The molecule has 0 amide bonds. The molecule has 0 saturated carbocycles. The molecule has 1 N–H and O–H groups in total. The van der Waals surface area contributed by atoms with E-state index in [-0.39, 0.29) is 6.10 Å². The van der Waals surface area contributed by atoms with Crippen LogP contribution in [0.4, 0.5) is 0 Å². The summed E-state index contributed by atoms with van der Waals surface area (Å²) >= 11 is 6.00. The first kappa shape index (κ1) is 17.3. The molecule has 1 aromatic rings. The number of nitrogens with one attached hydrogen (secondary N) is 1. The normalized spacial score (nSPS) is 15.7. The highest BCUT2D eigenvalue weighted by Crippen LogP contribution is 2.21. The first-order chi connectivity index (χ1) is 9.56. The average molecular weight is 298 g/mol. The molecule has 114 valence electrons. The molecule has 20 heavy (non-hydrogen) atoms. The van der Waals surface area contributed by atoms with Crippen molar-refractivity contribution in [2.24, 2.45) is 5.92 Å². The molecule has 3 atom stereocenters. The molecular weight excluding hydrogens is 270 g/mol. The lowest BCUT2D eigenvalue weighted by atomic mass is 9.96. The molecule has 3 heteroatoms. The van der Waals surface area contributed by atoms with Gasteiger partial charge in [-0.15, -0.1) is 0 Å². The molecule has 0 aromatic heterocycles. The third kappa shape index (κ3) is 6.15. The van der Waals surface area contributed by atoms with Crippen LogP contribution in [0.2, 0.25) is 5.02 Å². The minimum atomic E-state index is 0.133. The number of benzene rings is 1. The maximum Gasteiger partial charge on any atom is 0.121 e. The third-order valence-corrected chi connectivity index (χ3v) is 3.93. The van der Waals surface area contributed by atoms with Crippen LogP contribution in [0, 0.1) is 5.92 Å². The quantitative estimate of drug-likeness (QED) is 0.699. The Morgan fingerprint density at radius 3 is 2.60 bits per heavy atom. The van der Waals surface area contributed by atoms with Crippen LogP contribution in [-0.2, 0) is 0 Å². The summed E-state index contributed by atoms with van der Waals surface area (Å²) < 4.78 is 6.05. The first-order valence-corrected chi connectivity index (χ1v) is 8.10. The zero-order valence-electron chi connectivity index (χ0n) is 13.2. The van der Waals surface area contributed by atoms with Gasteiger partial charge in [0.1, 0.15) is 11.9 Å². The van der Waals surface area contributed by atoms with Crippen LogP contribution in [0.1, 0.15) is 47.0 Å².